The van der Waals surface area contributed by atoms with Crippen molar-refractivity contribution in [2.45, 2.75) is 32.3 Å². The number of carboxylic acids is 1. The summed E-state index contributed by atoms with van der Waals surface area (Å²) in [6.45, 7) is 4.13. The molecule has 1 aromatic rings. The molecule has 0 aliphatic carbocycles. The molecule has 1 spiro atoms. The van der Waals surface area contributed by atoms with Gasteiger partial charge in [-0.3, -0.25) is 4.79 Å². The highest BCUT2D eigenvalue weighted by molar-refractivity contribution is 6.04. The highest BCUT2D eigenvalue weighted by atomic mass is 16.6. The number of piperidine rings is 1. The maximum atomic E-state index is 12.5. The van der Waals surface area contributed by atoms with Gasteiger partial charge >= 0.3 is 11.9 Å². The summed E-state index contributed by atoms with van der Waals surface area (Å²) in [6.07, 6.45) is 0.602. The number of carbonyl (C=O) groups excluding carboxylic acids is 2. The standard InChI is InChI=1S/C18H19NO5/c1-11-3-5-13(6-4-11)15(20)19-9-7-18(8-10-19)14(16(21)22)12(2)17(23)24-18/h3-6H,7-10H2,1-2H3,(H,21,22). The monoisotopic (exact) mass is 329 g/mol. The van der Waals surface area contributed by atoms with Crippen LogP contribution in [0.1, 0.15) is 35.7 Å². The maximum absolute atomic E-state index is 12.5. The number of nitrogens with zero attached hydrogens (tertiary/aromatic N) is 1. The predicted octanol–water partition coefficient (Wildman–Crippen LogP) is 1.93. The Hall–Kier alpha value is -2.63. The van der Waals surface area contributed by atoms with Crippen molar-refractivity contribution in [3.05, 3.63) is 46.5 Å². The van der Waals surface area contributed by atoms with Crippen molar-refractivity contribution in [1.82, 2.24) is 4.90 Å². The van der Waals surface area contributed by atoms with Gasteiger partial charge in [0, 0.05) is 37.1 Å². The minimum Gasteiger partial charge on any atom is -0.478 e. The first-order valence-electron chi connectivity index (χ1n) is 7.88. The molecule has 0 saturated carbocycles. The Morgan fingerprint density at radius 3 is 2.25 bits per heavy atom. The van der Waals surface area contributed by atoms with E-state index in [-0.39, 0.29) is 17.1 Å². The lowest BCUT2D eigenvalue weighted by atomic mass is 9.83. The van der Waals surface area contributed by atoms with Crippen LogP contribution in [-0.4, -0.2) is 46.5 Å². The lowest BCUT2D eigenvalue weighted by Crippen LogP contribution is -2.49. The number of rotatable bonds is 2. The SMILES string of the molecule is CC1=C(C(=O)O)C2(CCN(C(=O)c3ccc(C)cc3)CC2)OC1=O. The van der Waals surface area contributed by atoms with Gasteiger partial charge in [0.1, 0.15) is 5.60 Å². The molecule has 2 aliphatic rings. The van der Waals surface area contributed by atoms with Gasteiger partial charge in [-0.25, -0.2) is 9.59 Å². The zero-order chi connectivity index (χ0) is 17.5. The van der Waals surface area contributed by atoms with Gasteiger partial charge in [-0.05, 0) is 26.0 Å². The first-order valence-corrected chi connectivity index (χ1v) is 7.88. The first kappa shape index (κ1) is 16.2. The number of aryl methyl sites for hydroxylation is 1. The summed E-state index contributed by atoms with van der Waals surface area (Å²) in [5, 5.41) is 9.43. The summed E-state index contributed by atoms with van der Waals surface area (Å²) in [6, 6.07) is 7.33. The Kier molecular flexibility index (Phi) is 3.91. The second-order valence-corrected chi connectivity index (χ2v) is 6.35. The van der Waals surface area contributed by atoms with E-state index in [9.17, 15) is 19.5 Å². The molecule has 1 amide bonds. The number of carbonyl (C=O) groups is 3. The van der Waals surface area contributed by atoms with E-state index in [1.807, 2.05) is 19.1 Å². The van der Waals surface area contributed by atoms with Crippen LogP contribution < -0.4 is 0 Å². The topological polar surface area (TPSA) is 83.9 Å². The average Bonchev–Trinajstić information content (AvgIpc) is 2.79. The number of hydrogen-bond donors (Lipinski definition) is 1. The minimum atomic E-state index is -1.13. The van der Waals surface area contributed by atoms with Crippen LogP contribution in [0.5, 0.6) is 0 Å². The lowest BCUT2D eigenvalue weighted by Gasteiger charge is -2.38. The minimum absolute atomic E-state index is 0.0370. The van der Waals surface area contributed by atoms with Crippen LogP contribution in [0, 0.1) is 6.92 Å². The Bertz CT molecular complexity index is 739. The molecule has 1 fully saturated rings. The highest BCUT2D eigenvalue weighted by Crippen LogP contribution is 2.41. The van der Waals surface area contributed by atoms with Crippen molar-refractivity contribution < 1.29 is 24.2 Å². The number of esters is 1. The molecule has 0 bridgehead atoms. The highest BCUT2D eigenvalue weighted by Gasteiger charge is 2.51. The molecule has 2 heterocycles. The summed E-state index contributed by atoms with van der Waals surface area (Å²) in [7, 11) is 0. The molecular weight excluding hydrogens is 310 g/mol. The molecule has 1 aromatic carbocycles. The number of likely N-dealkylation sites (tertiary alicyclic amines) is 1. The fourth-order valence-electron chi connectivity index (χ4n) is 3.41. The van der Waals surface area contributed by atoms with Crippen molar-refractivity contribution in [1.29, 1.82) is 0 Å². The van der Waals surface area contributed by atoms with Crippen molar-refractivity contribution in [2.75, 3.05) is 13.1 Å². The number of aliphatic carboxylic acids is 1. The van der Waals surface area contributed by atoms with Gasteiger partial charge in [-0.15, -0.1) is 0 Å². The molecule has 6 heteroatoms. The smallest absolute Gasteiger partial charge is 0.336 e. The van der Waals surface area contributed by atoms with Gasteiger partial charge in [0.25, 0.3) is 5.91 Å². The van der Waals surface area contributed by atoms with Crippen molar-refractivity contribution >= 4 is 17.8 Å². The van der Waals surface area contributed by atoms with Crippen molar-refractivity contribution in [3.63, 3.8) is 0 Å². The summed E-state index contributed by atoms with van der Waals surface area (Å²) in [4.78, 5) is 37.6. The maximum Gasteiger partial charge on any atom is 0.336 e. The molecule has 0 radical (unpaired) electrons. The number of ether oxygens (including phenoxy) is 1. The molecule has 1 saturated heterocycles. The van der Waals surface area contributed by atoms with E-state index >= 15 is 0 Å². The van der Waals surface area contributed by atoms with Crippen LogP contribution in [0.3, 0.4) is 0 Å². The summed E-state index contributed by atoms with van der Waals surface area (Å²) >= 11 is 0. The Morgan fingerprint density at radius 2 is 1.71 bits per heavy atom. The Balaban J connectivity index is 1.76. The Labute approximate surface area is 139 Å². The van der Waals surface area contributed by atoms with E-state index in [1.165, 1.54) is 6.92 Å². The van der Waals surface area contributed by atoms with Crippen LogP contribution in [0.15, 0.2) is 35.4 Å². The van der Waals surface area contributed by atoms with E-state index in [0.29, 0.717) is 31.5 Å². The van der Waals surface area contributed by atoms with E-state index < -0.39 is 17.5 Å². The van der Waals surface area contributed by atoms with Crippen LogP contribution in [0.2, 0.25) is 0 Å². The van der Waals surface area contributed by atoms with Gasteiger partial charge in [-0.1, -0.05) is 17.7 Å². The van der Waals surface area contributed by atoms with Crippen LogP contribution >= 0.6 is 0 Å². The predicted molar refractivity (Wildman–Crippen MR) is 85.5 cm³/mol. The third-order valence-corrected chi connectivity index (χ3v) is 4.80. The third-order valence-electron chi connectivity index (χ3n) is 4.80. The van der Waals surface area contributed by atoms with Gasteiger partial charge in [-0.2, -0.15) is 0 Å². The van der Waals surface area contributed by atoms with Crippen LogP contribution in [0.25, 0.3) is 0 Å². The first-order chi connectivity index (χ1) is 11.3. The van der Waals surface area contributed by atoms with Crippen LogP contribution in [0.4, 0.5) is 0 Å². The molecule has 0 aromatic heterocycles. The van der Waals surface area contributed by atoms with E-state index in [1.54, 1.807) is 17.0 Å². The number of amides is 1. The fourth-order valence-corrected chi connectivity index (χ4v) is 3.41. The number of carboxylic acid groups (broad SMARTS) is 1. The molecule has 1 N–H and O–H groups in total. The van der Waals surface area contributed by atoms with E-state index in [2.05, 4.69) is 0 Å². The second-order valence-electron chi connectivity index (χ2n) is 6.35. The quantitative estimate of drug-likeness (QED) is 0.838. The number of hydrogen-bond acceptors (Lipinski definition) is 4. The zero-order valence-corrected chi connectivity index (χ0v) is 13.7. The molecule has 6 nitrogen and oxygen atoms in total. The normalized spacial score (nSPS) is 19.6. The lowest BCUT2D eigenvalue weighted by molar-refractivity contribution is -0.151. The van der Waals surface area contributed by atoms with Gasteiger partial charge in [0.15, 0.2) is 0 Å². The van der Waals surface area contributed by atoms with Crippen LogP contribution in [-0.2, 0) is 14.3 Å². The molecule has 24 heavy (non-hydrogen) atoms. The second kappa shape index (κ2) is 5.78. The average molecular weight is 329 g/mol. The van der Waals surface area contributed by atoms with Gasteiger partial charge in [0.2, 0.25) is 0 Å². The molecule has 2 aliphatic heterocycles. The molecule has 0 atom stereocenters. The Morgan fingerprint density at radius 1 is 1.12 bits per heavy atom. The summed E-state index contributed by atoms with van der Waals surface area (Å²) < 4.78 is 5.39. The summed E-state index contributed by atoms with van der Waals surface area (Å²) in [5.41, 5.74) is 0.770. The fraction of sp³-hybridized carbons (Fsp3) is 0.389. The zero-order valence-electron chi connectivity index (χ0n) is 13.7. The van der Waals surface area contributed by atoms with E-state index in [0.717, 1.165) is 5.56 Å². The third kappa shape index (κ3) is 2.58. The van der Waals surface area contributed by atoms with Gasteiger partial charge in [0.05, 0.1) is 5.57 Å². The molecular formula is C18H19NO5. The van der Waals surface area contributed by atoms with Gasteiger partial charge < -0.3 is 14.7 Å². The largest absolute Gasteiger partial charge is 0.478 e. The molecule has 3 rings (SSSR count). The van der Waals surface area contributed by atoms with E-state index in [4.69, 9.17) is 4.74 Å². The van der Waals surface area contributed by atoms with Crippen molar-refractivity contribution in [2.24, 2.45) is 0 Å². The molecule has 0 unspecified atom stereocenters. The summed E-state index contributed by atoms with van der Waals surface area (Å²) in [5.74, 6) is -1.80. The van der Waals surface area contributed by atoms with Crippen molar-refractivity contribution in [3.8, 4) is 0 Å². The molecule has 126 valence electrons. The number of benzene rings is 1.